The van der Waals surface area contributed by atoms with Crippen molar-refractivity contribution >= 4 is 57.6 Å². The smallest absolute Gasteiger partial charge is 0.416 e. The lowest BCUT2D eigenvalue weighted by atomic mass is 10.0. The maximum atomic E-state index is 13.1. The second kappa shape index (κ2) is 10.6. The highest BCUT2D eigenvalue weighted by molar-refractivity contribution is 6.39. The van der Waals surface area contributed by atoms with Gasteiger partial charge in [-0.2, -0.15) is 13.2 Å². The lowest BCUT2D eigenvalue weighted by Gasteiger charge is -2.21. The van der Waals surface area contributed by atoms with Gasteiger partial charge in [0.25, 0.3) is 5.91 Å². The highest BCUT2D eigenvalue weighted by Gasteiger charge is 2.31. The maximum absolute atomic E-state index is 13.1. The zero-order valence-electron chi connectivity index (χ0n) is 18.6. The summed E-state index contributed by atoms with van der Waals surface area (Å²) in [6.45, 7) is 0. The van der Waals surface area contributed by atoms with Gasteiger partial charge in [-0.3, -0.25) is 4.79 Å². The zero-order chi connectivity index (χ0) is 26.9. The molecule has 1 amide bonds. The molecule has 0 saturated heterocycles. The first kappa shape index (κ1) is 26.7. The van der Waals surface area contributed by atoms with Crippen molar-refractivity contribution < 1.29 is 27.9 Å². The molecular weight excluding hydrogens is 552 g/mol. The highest BCUT2D eigenvalue weighted by atomic mass is 35.5. The van der Waals surface area contributed by atoms with Crippen LogP contribution in [-0.2, 0) is 17.4 Å². The van der Waals surface area contributed by atoms with Crippen LogP contribution in [0.25, 0.3) is 22.2 Å². The maximum Gasteiger partial charge on any atom is 0.416 e. The molecule has 1 heterocycles. The molecule has 1 N–H and O–H groups in total. The van der Waals surface area contributed by atoms with Gasteiger partial charge in [-0.1, -0.05) is 53.0 Å². The third kappa shape index (κ3) is 5.98. The summed E-state index contributed by atoms with van der Waals surface area (Å²) in [4.78, 5) is 28.8. The zero-order valence-corrected chi connectivity index (χ0v) is 20.8. The van der Waals surface area contributed by atoms with Gasteiger partial charge in [0.15, 0.2) is 0 Å². The Morgan fingerprint density at radius 1 is 0.919 bits per heavy atom. The van der Waals surface area contributed by atoms with Crippen molar-refractivity contribution in [3.05, 3.63) is 98.5 Å². The number of hydrogen-bond acceptors (Lipinski definition) is 4. The van der Waals surface area contributed by atoms with Gasteiger partial charge in [0.2, 0.25) is 0 Å². The standard InChI is InChI=1S/C26H16Cl3F3N2O3/c27-17-7-6-15(26(30,31)32)12-16(17)21-9-5-14-10-13(4-8-20(14)33-21)11-22(25(36)37)34-24(35)23-18(28)2-1-3-19(23)29/h1-10,12,22H,11H2,(H,34,35)(H,36,37)/p-1. The molecule has 5 nitrogen and oxygen atoms in total. The Balaban J connectivity index is 1.59. The predicted octanol–water partition coefficient (Wildman–Crippen LogP) is 5.97. The summed E-state index contributed by atoms with van der Waals surface area (Å²) < 4.78 is 39.4. The van der Waals surface area contributed by atoms with Gasteiger partial charge in [-0.15, -0.1) is 0 Å². The van der Waals surface area contributed by atoms with Crippen LogP contribution in [0.4, 0.5) is 13.2 Å². The number of hydrogen-bond donors (Lipinski definition) is 1. The van der Waals surface area contributed by atoms with Crippen LogP contribution in [0.15, 0.2) is 66.7 Å². The van der Waals surface area contributed by atoms with Gasteiger partial charge in [-0.05, 0) is 60.5 Å². The van der Waals surface area contributed by atoms with Gasteiger partial charge < -0.3 is 15.2 Å². The van der Waals surface area contributed by atoms with E-state index in [0.717, 1.165) is 12.1 Å². The minimum absolute atomic E-state index is 0.0550. The number of amides is 1. The number of carbonyl (C=O) groups is 2. The van der Waals surface area contributed by atoms with Gasteiger partial charge in [0, 0.05) is 16.0 Å². The third-order valence-electron chi connectivity index (χ3n) is 5.54. The van der Waals surface area contributed by atoms with E-state index in [2.05, 4.69) is 10.3 Å². The van der Waals surface area contributed by atoms with E-state index in [0.29, 0.717) is 16.5 Å². The fraction of sp³-hybridized carbons (Fsp3) is 0.115. The van der Waals surface area contributed by atoms with Crippen molar-refractivity contribution in [3.8, 4) is 11.3 Å². The largest absolute Gasteiger partial charge is 0.548 e. The molecule has 0 spiro atoms. The molecule has 0 aliphatic rings. The summed E-state index contributed by atoms with van der Waals surface area (Å²) in [7, 11) is 0. The average molecular weight is 567 g/mol. The number of nitrogens with zero attached hydrogens (tertiary/aromatic N) is 1. The summed E-state index contributed by atoms with van der Waals surface area (Å²) >= 11 is 18.2. The summed E-state index contributed by atoms with van der Waals surface area (Å²) in [6, 6.07) is 14.0. The Hall–Kier alpha value is -3.33. The second-order valence-corrected chi connectivity index (χ2v) is 9.28. The van der Waals surface area contributed by atoms with Crippen LogP contribution in [0, 0.1) is 0 Å². The van der Waals surface area contributed by atoms with Gasteiger partial charge >= 0.3 is 6.18 Å². The lowest BCUT2D eigenvalue weighted by Crippen LogP contribution is -2.49. The van der Waals surface area contributed by atoms with E-state index in [1.165, 1.54) is 24.3 Å². The first-order valence-electron chi connectivity index (χ1n) is 10.7. The number of carbonyl (C=O) groups excluding carboxylic acids is 2. The molecule has 1 unspecified atom stereocenters. The second-order valence-electron chi connectivity index (χ2n) is 8.06. The third-order valence-corrected chi connectivity index (χ3v) is 6.50. The fourth-order valence-corrected chi connectivity index (χ4v) is 4.51. The number of carboxylic acid groups (broad SMARTS) is 1. The molecule has 11 heteroatoms. The van der Waals surface area contributed by atoms with E-state index in [1.54, 1.807) is 30.3 Å². The van der Waals surface area contributed by atoms with Crippen LogP contribution in [0.3, 0.4) is 0 Å². The molecule has 3 aromatic carbocycles. The molecule has 37 heavy (non-hydrogen) atoms. The van der Waals surface area contributed by atoms with E-state index in [-0.39, 0.29) is 38.3 Å². The molecule has 0 aliphatic carbocycles. The lowest BCUT2D eigenvalue weighted by molar-refractivity contribution is -0.308. The number of benzene rings is 3. The summed E-state index contributed by atoms with van der Waals surface area (Å²) in [6.07, 6.45) is -4.65. The number of rotatable bonds is 6. The molecule has 1 aromatic heterocycles. The van der Waals surface area contributed by atoms with E-state index in [9.17, 15) is 27.9 Å². The van der Waals surface area contributed by atoms with Crippen LogP contribution >= 0.6 is 34.8 Å². The molecule has 0 fully saturated rings. The van der Waals surface area contributed by atoms with Crippen LogP contribution in [0.5, 0.6) is 0 Å². The molecule has 0 bridgehead atoms. The Bertz CT molecular complexity index is 1510. The Morgan fingerprint density at radius 3 is 2.27 bits per heavy atom. The SMILES string of the molecule is O=C(NC(Cc1ccc2nc(-c3cc(C(F)(F)F)ccc3Cl)ccc2c1)C(=O)[O-])c1c(Cl)cccc1Cl. The Morgan fingerprint density at radius 2 is 1.62 bits per heavy atom. The molecule has 4 rings (SSSR count). The molecule has 1 atom stereocenters. The first-order chi connectivity index (χ1) is 17.4. The van der Waals surface area contributed by atoms with E-state index in [4.69, 9.17) is 34.8 Å². The summed E-state index contributed by atoms with van der Waals surface area (Å²) in [5, 5.41) is 15.0. The Labute approximate surface area is 223 Å². The number of pyridine rings is 1. The molecule has 0 radical (unpaired) electrons. The normalized spacial score (nSPS) is 12.4. The van der Waals surface area contributed by atoms with Crippen molar-refractivity contribution in [2.24, 2.45) is 0 Å². The molecule has 4 aromatic rings. The van der Waals surface area contributed by atoms with Crippen LogP contribution in [-0.4, -0.2) is 22.9 Å². The number of halogens is 6. The number of nitrogens with one attached hydrogen (secondary N) is 1. The van der Waals surface area contributed by atoms with Gasteiger partial charge in [0.1, 0.15) is 0 Å². The topological polar surface area (TPSA) is 82.1 Å². The average Bonchev–Trinajstić information content (AvgIpc) is 2.82. The molecular formula is C26H15Cl3F3N2O3-. The molecule has 190 valence electrons. The number of fused-ring (bicyclic) bond motifs is 1. The minimum Gasteiger partial charge on any atom is -0.548 e. The van der Waals surface area contributed by atoms with Crippen LogP contribution in [0.1, 0.15) is 21.5 Å². The Kier molecular flexibility index (Phi) is 7.64. The van der Waals surface area contributed by atoms with Crippen LogP contribution in [0.2, 0.25) is 15.1 Å². The molecule has 0 aliphatic heterocycles. The highest BCUT2D eigenvalue weighted by Crippen LogP contribution is 2.36. The van der Waals surface area contributed by atoms with E-state index in [1.807, 2.05) is 0 Å². The quantitative estimate of drug-likeness (QED) is 0.312. The first-order valence-corrected chi connectivity index (χ1v) is 11.8. The fourth-order valence-electron chi connectivity index (χ4n) is 3.72. The van der Waals surface area contributed by atoms with Crippen LogP contribution < -0.4 is 10.4 Å². The van der Waals surface area contributed by atoms with Crippen molar-refractivity contribution in [1.82, 2.24) is 10.3 Å². The van der Waals surface area contributed by atoms with Crippen molar-refractivity contribution in [2.45, 2.75) is 18.6 Å². The van der Waals surface area contributed by atoms with E-state index < -0.39 is 29.7 Å². The van der Waals surface area contributed by atoms with Gasteiger partial charge in [-0.25, -0.2) is 4.98 Å². The predicted molar refractivity (Wildman–Crippen MR) is 134 cm³/mol. The summed E-state index contributed by atoms with van der Waals surface area (Å²) in [5.74, 6) is -2.28. The number of alkyl halides is 3. The van der Waals surface area contributed by atoms with Crippen molar-refractivity contribution in [1.29, 1.82) is 0 Å². The van der Waals surface area contributed by atoms with Crippen molar-refractivity contribution in [3.63, 3.8) is 0 Å². The number of carboxylic acids is 1. The molecule has 0 saturated carbocycles. The number of aromatic nitrogens is 1. The summed E-state index contributed by atoms with van der Waals surface area (Å²) in [5.41, 5.74) is 0.456. The van der Waals surface area contributed by atoms with Crippen molar-refractivity contribution in [2.75, 3.05) is 0 Å². The minimum atomic E-state index is -4.53. The monoisotopic (exact) mass is 565 g/mol. The van der Waals surface area contributed by atoms with E-state index >= 15 is 0 Å². The van der Waals surface area contributed by atoms with Gasteiger partial charge in [0.05, 0.1) is 44.4 Å². The number of aliphatic carboxylic acids is 1.